The summed E-state index contributed by atoms with van der Waals surface area (Å²) in [6, 6.07) is 4.86. The van der Waals surface area contributed by atoms with Crippen molar-refractivity contribution in [2.24, 2.45) is 0 Å². The molecule has 0 atom stereocenters. The van der Waals surface area contributed by atoms with Crippen LogP contribution < -0.4 is 4.72 Å². The summed E-state index contributed by atoms with van der Waals surface area (Å²) in [5, 5.41) is 1.65. The van der Waals surface area contributed by atoms with Crippen LogP contribution in [0.1, 0.15) is 12.8 Å². The molecular formula is C15H16F2N2O4S3. The molecule has 1 aliphatic rings. The molecule has 11 heteroatoms. The zero-order valence-corrected chi connectivity index (χ0v) is 15.9. The van der Waals surface area contributed by atoms with E-state index in [0.29, 0.717) is 6.07 Å². The van der Waals surface area contributed by atoms with Crippen LogP contribution in [0.3, 0.4) is 0 Å². The second-order valence-corrected chi connectivity index (χ2v) is 10.7. The van der Waals surface area contributed by atoms with Crippen LogP contribution in [-0.2, 0) is 20.0 Å². The number of nitrogens with zero attached hydrogens (tertiary/aromatic N) is 1. The molecule has 0 saturated carbocycles. The van der Waals surface area contributed by atoms with E-state index < -0.39 is 42.6 Å². The first-order chi connectivity index (χ1) is 12.2. The summed E-state index contributed by atoms with van der Waals surface area (Å²) >= 11 is 1.10. The maximum absolute atomic E-state index is 13.3. The number of hydrogen-bond acceptors (Lipinski definition) is 5. The summed E-state index contributed by atoms with van der Waals surface area (Å²) in [5.74, 6) is -1.94. The summed E-state index contributed by atoms with van der Waals surface area (Å²) in [5.41, 5.74) is 0. The van der Waals surface area contributed by atoms with Gasteiger partial charge in [0.25, 0.3) is 0 Å². The van der Waals surface area contributed by atoms with Gasteiger partial charge in [-0.1, -0.05) is 6.07 Å². The molecule has 1 fully saturated rings. The Balaban J connectivity index is 1.68. The van der Waals surface area contributed by atoms with Gasteiger partial charge in [-0.15, -0.1) is 11.3 Å². The number of nitrogens with one attached hydrogen (secondary N) is 1. The van der Waals surface area contributed by atoms with Crippen molar-refractivity contribution in [1.82, 2.24) is 9.03 Å². The Labute approximate surface area is 154 Å². The first kappa shape index (κ1) is 19.4. The molecule has 0 unspecified atom stereocenters. The first-order valence-corrected chi connectivity index (χ1v) is 11.5. The summed E-state index contributed by atoms with van der Waals surface area (Å²) in [6.07, 6.45) is 0.531. The highest BCUT2D eigenvalue weighted by atomic mass is 32.2. The quantitative estimate of drug-likeness (QED) is 0.800. The molecule has 2 aromatic rings. The molecule has 3 rings (SSSR count). The van der Waals surface area contributed by atoms with Gasteiger partial charge < -0.3 is 0 Å². The zero-order valence-electron chi connectivity index (χ0n) is 13.4. The number of benzene rings is 1. The third-order valence-corrected chi connectivity index (χ3v) is 8.80. The standard InChI is InChI=1S/C15H16F2N2O4S3/c16-11-8-12(17)10-14(9-11)26(22,23)19-5-3-13(4-6-19)18-25(20,21)15-2-1-7-24-15/h1-2,7-10,13,18H,3-6H2. The Bertz CT molecular complexity index is 964. The third kappa shape index (κ3) is 4.12. The van der Waals surface area contributed by atoms with Crippen molar-refractivity contribution < 1.29 is 25.6 Å². The number of halogens is 2. The van der Waals surface area contributed by atoms with Crippen LogP contribution in [0.4, 0.5) is 8.78 Å². The van der Waals surface area contributed by atoms with Crippen molar-refractivity contribution in [3.05, 3.63) is 47.3 Å². The van der Waals surface area contributed by atoms with Crippen LogP contribution in [0.25, 0.3) is 0 Å². The number of thiophene rings is 1. The molecule has 1 aliphatic heterocycles. The van der Waals surface area contributed by atoms with Crippen molar-refractivity contribution in [2.45, 2.75) is 28.0 Å². The van der Waals surface area contributed by atoms with Gasteiger partial charge in [-0.3, -0.25) is 0 Å². The molecule has 1 aromatic carbocycles. The topological polar surface area (TPSA) is 83.6 Å². The monoisotopic (exact) mass is 422 g/mol. The summed E-state index contributed by atoms with van der Waals surface area (Å²) in [4.78, 5) is -0.451. The summed E-state index contributed by atoms with van der Waals surface area (Å²) in [6.45, 7) is 0.107. The second kappa shape index (κ2) is 7.31. The smallest absolute Gasteiger partial charge is 0.207 e. The van der Waals surface area contributed by atoms with E-state index in [4.69, 9.17) is 0 Å². The highest BCUT2D eigenvalue weighted by molar-refractivity contribution is 7.91. The van der Waals surface area contributed by atoms with Gasteiger partial charge in [0.05, 0.1) is 4.90 Å². The second-order valence-electron chi connectivity index (χ2n) is 5.84. The molecule has 2 heterocycles. The Morgan fingerprint density at radius 2 is 1.65 bits per heavy atom. The molecule has 0 aliphatic carbocycles. The Morgan fingerprint density at radius 1 is 1.04 bits per heavy atom. The number of piperidine rings is 1. The molecule has 0 bridgehead atoms. The molecule has 1 aromatic heterocycles. The van der Waals surface area contributed by atoms with E-state index in [1.165, 1.54) is 6.07 Å². The molecule has 142 valence electrons. The minimum Gasteiger partial charge on any atom is -0.207 e. The summed E-state index contributed by atoms with van der Waals surface area (Å²) in [7, 11) is -7.67. The lowest BCUT2D eigenvalue weighted by atomic mass is 10.1. The van der Waals surface area contributed by atoms with Gasteiger partial charge >= 0.3 is 0 Å². The fourth-order valence-electron chi connectivity index (χ4n) is 2.73. The SMILES string of the molecule is O=S(=O)(NC1CCN(S(=O)(=O)c2cc(F)cc(F)c2)CC1)c1cccs1. The molecule has 0 radical (unpaired) electrons. The average molecular weight is 423 g/mol. The molecule has 0 amide bonds. The van der Waals surface area contributed by atoms with E-state index in [1.54, 1.807) is 11.4 Å². The van der Waals surface area contributed by atoms with Gasteiger partial charge in [-0.2, -0.15) is 4.31 Å². The lowest BCUT2D eigenvalue weighted by Gasteiger charge is -2.31. The third-order valence-electron chi connectivity index (χ3n) is 4.01. The van der Waals surface area contributed by atoms with Crippen molar-refractivity contribution in [1.29, 1.82) is 0 Å². The highest BCUT2D eigenvalue weighted by Crippen LogP contribution is 2.24. The normalized spacial score (nSPS) is 17.5. The van der Waals surface area contributed by atoms with Gasteiger partial charge in [-0.25, -0.2) is 30.3 Å². The predicted octanol–water partition coefficient (Wildman–Crippen LogP) is 2.16. The number of sulfonamides is 2. The first-order valence-electron chi connectivity index (χ1n) is 7.70. The fourth-order valence-corrected chi connectivity index (χ4v) is 6.56. The van der Waals surface area contributed by atoms with Crippen LogP contribution in [-0.4, -0.2) is 40.3 Å². The molecule has 6 nitrogen and oxygen atoms in total. The molecular weight excluding hydrogens is 406 g/mol. The fraction of sp³-hybridized carbons (Fsp3) is 0.333. The van der Waals surface area contributed by atoms with Crippen LogP contribution in [0.2, 0.25) is 0 Å². The molecule has 1 N–H and O–H groups in total. The Morgan fingerprint density at radius 3 is 2.19 bits per heavy atom. The maximum Gasteiger partial charge on any atom is 0.250 e. The Hall–Kier alpha value is -1.40. The average Bonchev–Trinajstić information content (AvgIpc) is 3.09. The Kier molecular flexibility index (Phi) is 5.45. The van der Waals surface area contributed by atoms with Gasteiger partial charge in [0.2, 0.25) is 20.0 Å². The molecule has 1 saturated heterocycles. The van der Waals surface area contributed by atoms with E-state index in [-0.39, 0.29) is 30.1 Å². The van der Waals surface area contributed by atoms with Gasteiger partial charge in [0.15, 0.2) is 0 Å². The summed E-state index contributed by atoms with van der Waals surface area (Å²) < 4.78 is 80.0. The van der Waals surface area contributed by atoms with Crippen molar-refractivity contribution in [3.63, 3.8) is 0 Å². The van der Waals surface area contributed by atoms with Gasteiger partial charge in [0.1, 0.15) is 15.8 Å². The predicted molar refractivity (Wildman–Crippen MR) is 92.8 cm³/mol. The minimum atomic E-state index is -4.04. The zero-order chi connectivity index (χ0) is 18.9. The van der Waals surface area contributed by atoms with Crippen molar-refractivity contribution in [3.8, 4) is 0 Å². The van der Waals surface area contributed by atoms with Crippen LogP contribution >= 0.6 is 11.3 Å². The van der Waals surface area contributed by atoms with E-state index in [9.17, 15) is 25.6 Å². The van der Waals surface area contributed by atoms with E-state index in [1.807, 2.05) is 0 Å². The molecule has 0 spiro atoms. The molecule has 26 heavy (non-hydrogen) atoms. The number of rotatable bonds is 5. The highest BCUT2D eigenvalue weighted by Gasteiger charge is 2.32. The lowest BCUT2D eigenvalue weighted by Crippen LogP contribution is -2.46. The van der Waals surface area contributed by atoms with Gasteiger partial charge in [0, 0.05) is 25.2 Å². The van der Waals surface area contributed by atoms with E-state index in [2.05, 4.69) is 4.72 Å². The lowest BCUT2D eigenvalue weighted by molar-refractivity contribution is 0.308. The van der Waals surface area contributed by atoms with E-state index >= 15 is 0 Å². The minimum absolute atomic E-state index is 0.0537. The van der Waals surface area contributed by atoms with Crippen LogP contribution in [0, 0.1) is 11.6 Å². The van der Waals surface area contributed by atoms with Crippen molar-refractivity contribution >= 4 is 31.4 Å². The van der Waals surface area contributed by atoms with Crippen molar-refractivity contribution in [2.75, 3.05) is 13.1 Å². The largest absolute Gasteiger partial charge is 0.250 e. The maximum atomic E-state index is 13.3. The number of hydrogen-bond donors (Lipinski definition) is 1. The van der Waals surface area contributed by atoms with Crippen LogP contribution in [0.5, 0.6) is 0 Å². The van der Waals surface area contributed by atoms with E-state index in [0.717, 1.165) is 27.8 Å². The van der Waals surface area contributed by atoms with Crippen LogP contribution in [0.15, 0.2) is 44.8 Å². The van der Waals surface area contributed by atoms with Gasteiger partial charge in [-0.05, 0) is 36.4 Å².